The molecule has 0 spiro atoms. The Morgan fingerprint density at radius 3 is 2.77 bits per heavy atom. The molecule has 2 heterocycles. The van der Waals surface area contributed by atoms with Crippen molar-refractivity contribution >= 4 is 10.9 Å². The molecular formula is C19H20N2O. The van der Waals surface area contributed by atoms with Gasteiger partial charge in [0, 0.05) is 36.7 Å². The Balaban J connectivity index is 1.70. The van der Waals surface area contributed by atoms with E-state index in [4.69, 9.17) is 4.74 Å². The summed E-state index contributed by atoms with van der Waals surface area (Å²) in [6.45, 7) is 3.52. The molecule has 1 N–H and O–H groups in total. The van der Waals surface area contributed by atoms with Gasteiger partial charge in [-0.3, -0.25) is 0 Å². The molecule has 1 unspecified atom stereocenters. The van der Waals surface area contributed by atoms with E-state index >= 15 is 0 Å². The van der Waals surface area contributed by atoms with Crippen molar-refractivity contribution in [3.63, 3.8) is 0 Å². The molecule has 0 saturated carbocycles. The molecular weight excluding hydrogens is 272 g/mol. The van der Waals surface area contributed by atoms with Gasteiger partial charge < -0.3 is 14.6 Å². The molecule has 3 aromatic rings. The SMILES string of the molecule is c1ccc(Cn2ccc3c(C4CNCCO4)cccc32)cc1. The van der Waals surface area contributed by atoms with Crippen LogP contribution in [0.3, 0.4) is 0 Å². The Kier molecular flexibility index (Phi) is 3.67. The number of rotatable bonds is 3. The van der Waals surface area contributed by atoms with E-state index in [1.807, 2.05) is 0 Å². The summed E-state index contributed by atoms with van der Waals surface area (Å²) >= 11 is 0. The highest BCUT2D eigenvalue weighted by molar-refractivity contribution is 5.84. The monoisotopic (exact) mass is 292 g/mol. The summed E-state index contributed by atoms with van der Waals surface area (Å²) in [6, 6.07) is 19.3. The lowest BCUT2D eigenvalue weighted by atomic mass is 10.0. The first-order valence-electron chi connectivity index (χ1n) is 7.86. The van der Waals surface area contributed by atoms with Gasteiger partial charge in [-0.2, -0.15) is 0 Å². The Morgan fingerprint density at radius 2 is 1.95 bits per heavy atom. The standard InChI is InChI=1S/C19H20N2O/c1-2-5-15(6-3-1)14-21-11-9-16-17(7-4-8-18(16)21)19-13-20-10-12-22-19/h1-9,11,19-20H,10,12-14H2. The molecule has 22 heavy (non-hydrogen) atoms. The van der Waals surface area contributed by atoms with Crippen LogP contribution in [0.5, 0.6) is 0 Å². The molecule has 3 heteroatoms. The lowest BCUT2D eigenvalue weighted by molar-refractivity contribution is 0.0286. The molecule has 1 saturated heterocycles. The highest BCUT2D eigenvalue weighted by Gasteiger charge is 2.18. The second-order valence-corrected chi connectivity index (χ2v) is 5.77. The number of nitrogens with zero attached hydrogens (tertiary/aromatic N) is 1. The maximum atomic E-state index is 5.93. The first kappa shape index (κ1) is 13.6. The van der Waals surface area contributed by atoms with Crippen LogP contribution in [0.4, 0.5) is 0 Å². The molecule has 1 aromatic heterocycles. The summed E-state index contributed by atoms with van der Waals surface area (Å²) in [6.07, 6.45) is 2.34. The van der Waals surface area contributed by atoms with Crippen molar-refractivity contribution in [2.75, 3.05) is 19.7 Å². The van der Waals surface area contributed by atoms with Crippen LogP contribution in [0.2, 0.25) is 0 Å². The number of hydrogen-bond donors (Lipinski definition) is 1. The number of morpholine rings is 1. The van der Waals surface area contributed by atoms with E-state index in [2.05, 4.69) is 70.7 Å². The molecule has 0 bridgehead atoms. The Labute approximate surface area is 130 Å². The molecule has 0 aliphatic carbocycles. The number of benzene rings is 2. The van der Waals surface area contributed by atoms with Gasteiger partial charge in [0.05, 0.1) is 12.7 Å². The third-order valence-electron chi connectivity index (χ3n) is 4.32. The number of nitrogens with one attached hydrogen (secondary N) is 1. The largest absolute Gasteiger partial charge is 0.371 e. The third-order valence-corrected chi connectivity index (χ3v) is 4.32. The molecule has 0 radical (unpaired) electrons. The normalized spacial score (nSPS) is 18.6. The van der Waals surface area contributed by atoms with Crippen LogP contribution in [-0.4, -0.2) is 24.3 Å². The second kappa shape index (κ2) is 5.95. The molecule has 0 amide bonds. The van der Waals surface area contributed by atoms with E-state index < -0.39 is 0 Å². The topological polar surface area (TPSA) is 26.2 Å². The summed E-state index contributed by atoms with van der Waals surface area (Å²) in [4.78, 5) is 0. The predicted molar refractivity (Wildman–Crippen MR) is 89.0 cm³/mol. The molecule has 1 atom stereocenters. The van der Waals surface area contributed by atoms with E-state index in [0.29, 0.717) is 0 Å². The summed E-state index contributed by atoms with van der Waals surface area (Å²) in [5.41, 5.74) is 3.88. The summed E-state index contributed by atoms with van der Waals surface area (Å²) < 4.78 is 8.24. The zero-order valence-corrected chi connectivity index (χ0v) is 12.5. The van der Waals surface area contributed by atoms with Gasteiger partial charge in [-0.15, -0.1) is 0 Å². The fraction of sp³-hybridized carbons (Fsp3) is 0.263. The van der Waals surface area contributed by atoms with Gasteiger partial charge in [0.1, 0.15) is 0 Å². The number of aromatic nitrogens is 1. The fourth-order valence-electron chi connectivity index (χ4n) is 3.21. The lowest BCUT2D eigenvalue weighted by Gasteiger charge is -2.24. The van der Waals surface area contributed by atoms with Gasteiger partial charge >= 0.3 is 0 Å². The molecule has 1 aliphatic heterocycles. The van der Waals surface area contributed by atoms with Crippen LogP contribution in [0.1, 0.15) is 17.2 Å². The van der Waals surface area contributed by atoms with E-state index in [1.54, 1.807) is 0 Å². The molecule has 2 aromatic carbocycles. The molecule has 1 fully saturated rings. The highest BCUT2D eigenvalue weighted by Crippen LogP contribution is 2.28. The van der Waals surface area contributed by atoms with E-state index in [-0.39, 0.29) is 6.10 Å². The maximum Gasteiger partial charge on any atom is 0.0956 e. The molecule has 1 aliphatic rings. The van der Waals surface area contributed by atoms with Crippen LogP contribution >= 0.6 is 0 Å². The minimum Gasteiger partial charge on any atom is -0.371 e. The first-order valence-corrected chi connectivity index (χ1v) is 7.86. The third kappa shape index (κ3) is 2.54. The van der Waals surface area contributed by atoms with Crippen LogP contribution in [0, 0.1) is 0 Å². The molecule has 3 nitrogen and oxygen atoms in total. The van der Waals surface area contributed by atoms with Crippen LogP contribution in [0.15, 0.2) is 60.8 Å². The number of fused-ring (bicyclic) bond motifs is 1. The summed E-state index contributed by atoms with van der Waals surface area (Å²) in [5.74, 6) is 0. The number of hydrogen-bond acceptors (Lipinski definition) is 2. The molecule has 4 rings (SSSR count). The Morgan fingerprint density at radius 1 is 1.05 bits per heavy atom. The van der Waals surface area contributed by atoms with Crippen molar-refractivity contribution in [2.45, 2.75) is 12.6 Å². The zero-order chi connectivity index (χ0) is 14.8. The van der Waals surface area contributed by atoms with E-state index in [9.17, 15) is 0 Å². The van der Waals surface area contributed by atoms with Crippen molar-refractivity contribution in [1.29, 1.82) is 0 Å². The smallest absolute Gasteiger partial charge is 0.0956 e. The van der Waals surface area contributed by atoms with Gasteiger partial charge in [0.25, 0.3) is 0 Å². The summed E-state index contributed by atoms with van der Waals surface area (Å²) in [5, 5.41) is 4.71. The van der Waals surface area contributed by atoms with Crippen molar-refractivity contribution < 1.29 is 4.74 Å². The maximum absolute atomic E-state index is 5.93. The second-order valence-electron chi connectivity index (χ2n) is 5.77. The van der Waals surface area contributed by atoms with E-state index in [0.717, 1.165) is 26.2 Å². The first-order chi connectivity index (χ1) is 10.9. The van der Waals surface area contributed by atoms with Crippen molar-refractivity contribution in [1.82, 2.24) is 9.88 Å². The van der Waals surface area contributed by atoms with Crippen LogP contribution in [0.25, 0.3) is 10.9 Å². The van der Waals surface area contributed by atoms with E-state index in [1.165, 1.54) is 22.0 Å². The average Bonchev–Trinajstić information content (AvgIpc) is 3.00. The summed E-state index contributed by atoms with van der Waals surface area (Å²) in [7, 11) is 0. The zero-order valence-electron chi connectivity index (χ0n) is 12.5. The van der Waals surface area contributed by atoms with Gasteiger partial charge in [-0.05, 0) is 23.3 Å². The lowest BCUT2D eigenvalue weighted by Crippen LogP contribution is -2.33. The minimum atomic E-state index is 0.157. The fourth-order valence-corrected chi connectivity index (χ4v) is 3.21. The van der Waals surface area contributed by atoms with Gasteiger partial charge in [-0.1, -0.05) is 42.5 Å². The Bertz CT molecular complexity index is 757. The molecule has 112 valence electrons. The quantitative estimate of drug-likeness (QED) is 0.801. The van der Waals surface area contributed by atoms with Gasteiger partial charge in [0.2, 0.25) is 0 Å². The van der Waals surface area contributed by atoms with Gasteiger partial charge in [0.15, 0.2) is 0 Å². The predicted octanol–water partition coefficient (Wildman–Crippen LogP) is 3.35. The van der Waals surface area contributed by atoms with Gasteiger partial charge in [-0.25, -0.2) is 0 Å². The number of ether oxygens (including phenoxy) is 1. The minimum absolute atomic E-state index is 0.157. The van der Waals surface area contributed by atoms with Crippen molar-refractivity contribution in [2.24, 2.45) is 0 Å². The highest BCUT2D eigenvalue weighted by atomic mass is 16.5. The van der Waals surface area contributed by atoms with Crippen LogP contribution in [-0.2, 0) is 11.3 Å². The van der Waals surface area contributed by atoms with Crippen molar-refractivity contribution in [3.05, 3.63) is 71.9 Å². The van der Waals surface area contributed by atoms with Crippen LogP contribution < -0.4 is 5.32 Å². The Hall–Kier alpha value is -2.10. The van der Waals surface area contributed by atoms with Crippen molar-refractivity contribution in [3.8, 4) is 0 Å². The average molecular weight is 292 g/mol.